The highest BCUT2D eigenvalue weighted by Gasteiger charge is 2.19. The van der Waals surface area contributed by atoms with Crippen molar-refractivity contribution in [1.82, 2.24) is 4.98 Å². The Labute approximate surface area is 155 Å². The van der Waals surface area contributed by atoms with Crippen LogP contribution in [0.3, 0.4) is 0 Å². The molecule has 0 saturated carbocycles. The molecule has 126 valence electrons. The Morgan fingerprint density at radius 2 is 1.76 bits per heavy atom. The smallest absolute Gasteiger partial charge is 0.162 e. The molecule has 5 nitrogen and oxygen atoms in total. The Balaban J connectivity index is 2.29. The average molecular weight is 417 g/mol. The van der Waals surface area contributed by atoms with E-state index in [0.717, 1.165) is 4.47 Å². The van der Waals surface area contributed by atoms with E-state index in [1.54, 1.807) is 24.3 Å². The Bertz CT molecular complexity index is 1010. The number of nitriles is 1. The van der Waals surface area contributed by atoms with Crippen LogP contribution in [-0.2, 0) is 10.8 Å². The van der Waals surface area contributed by atoms with Crippen molar-refractivity contribution >= 4 is 37.6 Å². The summed E-state index contributed by atoms with van der Waals surface area (Å²) in [5.41, 5.74) is 0.845. The molecule has 0 aliphatic rings. The number of benzene rings is 2. The molecule has 0 amide bonds. The van der Waals surface area contributed by atoms with Gasteiger partial charge >= 0.3 is 0 Å². The van der Waals surface area contributed by atoms with Crippen molar-refractivity contribution in [2.45, 2.75) is 9.79 Å². The summed E-state index contributed by atoms with van der Waals surface area (Å²) in [6.45, 7) is 0. The van der Waals surface area contributed by atoms with Gasteiger partial charge in [0.2, 0.25) is 0 Å². The molecule has 0 bridgehead atoms. The van der Waals surface area contributed by atoms with Gasteiger partial charge in [-0.3, -0.25) is 4.98 Å². The molecule has 3 aromatic rings. The van der Waals surface area contributed by atoms with Gasteiger partial charge in [-0.1, -0.05) is 15.9 Å². The summed E-state index contributed by atoms with van der Waals surface area (Å²) >= 11 is 3.36. The fraction of sp³-hybridized carbons (Fsp3) is 0.111. The second kappa shape index (κ2) is 7.21. The molecule has 0 saturated heterocycles. The highest BCUT2D eigenvalue weighted by molar-refractivity contribution is 9.10. The summed E-state index contributed by atoms with van der Waals surface area (Å²) in [5, 5.41) is 10.1. The van der Waals surface area contributed by atoms with Crippen LogP contribution in [0.5, 0.6) is 11.5 Å². The predicted molar refractivity (Wildman–Crippen MR) is 98.4 cm³/mol. The lowest BCUT2D eigenvalue weighted by molar-refractivity contribution is 0.355. The van der Waals surface area contributed by atoms with E-state index >= 15 is 0 Å². The van der Waals surface area contributed by atoms with Crippen molar-refractivity contribution in [1.29, 1.82) is 5.26 Å². The van der Waals surface area contributed by atoms with Crippen LogP contribution >= 0.6 is 15.9 Å². The number of halogens is 1. The van der Waals surface area contributed by atoms with Crippen molar-refractivity contribution < 1.29 is 13.7 Å². The third-order valence-corrected chi connectivity index (χ3v) is 5.70. The Hall–Kier alpha value is -2.43. The summed E-state index contributed by atoms with van der Waals surface area (Å²) in [6, 6.07) is 12.6. The minimum absolute atomic E-state index is 0.265. The third-order valence-electron chi connectivity index (χ3n) is 3.66. The first-order valence-electron chi connectivity index (χ1n) is 7.21. The lowest BCUT2D eigenvalue weighted by Crippen LogP contribution is -2.00. The van der Waals surface area contributed by atoms with E-state index in [0.29, 0.717) is 32.2 Å². The maximum absolute atomic E-state index is 13.2. The first-order chi connectivity index (χ1) is 12.1. The minimum Gasteiger partial charge on any atom is -0.493 e. The summed E-state index contributed by atoms with van der Waals surface area (Å²) in [6.07, 6.45) is 1.43. The molecule has 3 rings (SSSR count). The Morgan fingerprint density at radius 1 is 1.12 bits per heavy atom. The molecule has 0 aliphatic heterocycles. The van der Waals surface area contributed by atoms with E-state index in [9.17, 15) is 9.47 Å². The van der Waals surface area contributed by atoms with E-state index in [2.05, 4.69) is 27.0 Å². The Morgan fingerprint density at radius 3 is 2.36 bits per heavy atom. The molecule has 0 radical (unpaired) electrons. The second-order valence-corrected chi connectivity index (χ2v) is 7.39. The zero-order chi connectivity index (χ0) is 18.0. The molecule has 0 fully saturated rings. The van der Waals surface area contributed by atoms with Gasteiger partial charge in [0.05, 0.1) is 41.0 Å². The van der Waals surface area contributed by atoms with Crippen LogP contribution in [0.25, 0.3) is 10.9 Å². The van der Waals surface area contributed by atoms with Crippen LogP contribution in [0.2, 0.25) is 0 Å². The van der Waals surface area contributed by atoms with Crippen molar-refractivity contribution in [3.8, 4) is 17.6 Å². The summed E-state index contributed by atoms with van der Waals surface area (Å²) in [7, 11) is 1.52. The number of fused-ring (bicyclic) bond motifs is 1. The molecule has 1 unspecified atom stereocenters. The maximum atomic E-state index is 13.2. The number of aromatic nitrogens is 1. The number of hydrogen-bond acceptors (Lipinski definition) is 5. The van der Waals surface area contributed by atoms with Gasteiger partial charge < -0.3 is 9.47 Å². The molecule has 25 heavy (non-hydrogen) atoms. The van der Waals surface area contributed by atoms with Gasteiger partial charge in [0.1, 0.15) is 6.07 Å². The zero-order valence-corrected chi connectivity index (χ0v) is 15.8. The van der Waals surface area contributed by atoms with E-state index in [1.165, 1.54) is 20.4 Å². The van der Waals surface area contributed by atoms with Gasteiger partial charge in [-0.15, -0.1) is 0 Å². The highest BCUT2D eigenvalue weighted by atomic mass is 79.9. The molecule has 7 heteroatoms. The van der Waals surface area contributed by atoms with Crippen molar-refractivity contribution in [2.24, 2.45) is 0 Å². The lowest BCUT2D eigenvalue weighted by Gasteiger charge is -2.12. The highest BCUT2D eigenvalue weighted by Crippen LogP contribution is 2.36. The normalized spacial score (nSPS) is 11.8. The number of hydrogen-bond donors (Lipinski definition) is 0. The molecule has 1 heterocycles. The van der Waals surface area contributed by atoms with Crippen molar-refractivity contribution in [3.63, 3.8) is 0 Å². The van der Waals surface area contributed by atoms with E-state index < -0.39 is 10.8 Å². The van der Waals surface area contributed by atoms with Crippen LogP contribution in [0.15, 0.2) is 56.9 Å². The van der Waals surface area contributed by atoms with E-state index in [1.807, 2.05) is 12.1 Å². The van der Waals surface area contributed by atoms with Gasteiger partial charge in [0.25, 0.3) is 0 Å². The monoisotopic (exact) mass is 416 g/mol. The molecule has 1 aromatic heterocycles. The number of pyridine rings is 1. The molecular formula is C18H13BrN2O3S. The van der Waals surface area contributed by atoms with Crippen LogP contribution in [0.1, 0.15) is 5.56 Å². The van der Waals surface area contributed by atoms with Crippen LogP contribution in [-0.4, -0.2) is 23.4 Å². The number of nitrogens with zero attached hydrogens (tertiary/aromatic N) is 2. The van der Waals surface area contributed by atoms with E-state index in [4.69, 9.17) is 9.47 Å². The van der Waals surface area contributed by atoms with Gasteiger partial charge in [0, 0.05) is 27.0 Å². The SMILES string of the molecule is COc1cc2ncc(C#N)c(S(=O)c3ccc(Br)cc3)c2cc1OC. The van der Waals surface area contributed by atoms with Gasteiger partial charge in [-0.25, -0.2) is 4.21 Å². The Kier molecular flexibility index (Phi) is 5.02. The third kappa shape index (κ3) is 3.23. The lowest BCUT2D eigenvalue weighted by atomic mass is 10.1. The van der Waals surface area contributed by atoms with Crippen LogP contribution < -0.4 is 9.47 Å². The van der Waals surface area contributed by atoms with Crippen LogP contribution in [0.4, 0.5) is 0 Å². The standard InChI is InChI=1S/C18H13BrN2O3S/c1-23-16-7-14-15(8-17(16)24-2)21-10-11(9-20)18(14)25(22)13-5-3-12(19)4-6-13/h3-8,10H,1-2H3. The van der Waals surface area contributed by atoms with Crippen molar-refractivity contribution in [3.05, 3.63) is 52.6 Å². The largest absolute Gasteiger partial charge is 0.493 e. The first kappa shape index (κ1) is 17.4. The number of ether oxygens (including phenoxy) is 2. The summed E-state index contributed by atoms with van der Waals surface area (Å²) < 4.78 is 24.7. The quantitative estimate of drug-likeness (QED) is 0.641. The van der Waals surface area contributed by atoms with Crippen molar-refractivity contribution in [2.75, 3.05) is 14.2 Å². The fourth-order valence-electron chi connectivity index (χ4n) is 2.45. The molecule has 1 atom stereocenters. The fourth-order valence-corrected chi connectivity index (χ4v) is 3.99. The van der Waals surface area contributed by atoms with Gasteiger partial charge in [-0.05, 0) is 30.3 Å². The molecule has 0 spiro atoms. The average Bonchev–Trinajstić information content (AvgIpc) is 2.65. The molecular weight excluding hydrogens is 404 g/mol. The maximum Gasteiger partial charge on any atom is 0.162 e. The predicted octanol–water partition coefficient (Wildman–Crippen LogP) is 4.05. The molecule has 2 aromatic carbocycles. The number of rotatable bonds is 4. The first-order valence-corrected chi connectivity index (χ1v) is 9.15. The van der Waals surface area contributed by atoms with Gasteiger partial charge in [-0.2, -0.15) is 5.26 Å². The number of methoxy groups -OCH3 is 2. The van der Waals surface area contributed by atoms with Crippen LogP contribution in [0, 0.1) is 11.3 Å². The summed E-state index contributed by atoms with van der Waals surface area (Å²) in [5.74, 6) is 1.01. The van der Waals surface area contributed by atoms with Gasteiger partial charge in [0.15, 0.2) is 11.5 Å². The topological polar surface area (TPSA) is 72.2 Å². The zero-order valence-electron chi connectivity index (χ0n) is 13.4. The van der Waals surface area contributed by atoms with E-state index in [-0.39, 0.29) is 5.56 Å². The minimum atomic E-state index is -1.54. The summed E-state index contributed by atoms with van der Waals surface area (Å²) in [4.78, 5) is 5.30. The molecule has 0 aliphatic carbocycles. The second-order valence-electron chi connectivity index (χ2n) is 5.06. The molecule has 0 N–H and O–H groups in total.